The third kappa shape index (κ3) is 5.07. The van der Waals surface area contributed by atoms with E-state index in [1.54, 1.807) is 54.0 Å². The standard InChI is InChI=1S/C21H24N2O5S/c1-14(25)10-18-16(4-3-7-22-18)21(27)23-8-9-29-13-15(23)12-28-20-6-2-5-19(26)17(20)11-24/h2-7,11,14-15,25-26H,8-10,12-13H2,1H3/t14-,15-/m0/s1. The second-order valence-electron chi connectivity index (χ2n) is 6.90. The summed E-state index contributed by atoms with van der Waals surface area (Å²) in [4.78, 5) is 30.5. The van der Waals surface area contributed by atoms with Crippen LogP contribution in [0.3, 0.4) is 0 Å². The average molecular weight is 416 g/mol. The molecule has 1 amide bonds. The van der Waals surface area contributed by atoms with Gasteiger partial charge >= 0.3 is 0 Å². The number of aldehydes is 1. The summed E-state index contributed by atoms with van der Waals surface area (Å²) in [6.45, 7) is 2.44. The number of hydrogen-bond acceptors (Lipinski definition) is 7. The molecule has 154 valence electrons. The summed E-state index contributed by atoms with van der Waals surface area (Å²) in [5.74, 6) is 1.53. The van der Waals surface area contributed by atoms with E-state index in [9.17, 15) is 19.8 Å². The van der Waals surface area contributed by atoms with E-state index in [4.69, 9.17) is 4.74 Å². The van der Waals surface area contributed by atoms with E-state index in [0.717, 1.165) is 5.75 Å². The lowest BCUT2D eigenvalue weighted by molar-refractivity contribution is 0.0644. The van der Waals surface area contributed by atoms with Crippen LogP contribution < -0.4 is 4.74 Å². The van der Waals surface area contributed by atoms with Crippen molar-refractivity contribution in [2.45, 2.75) is 25.5 Å². The summed E-state index contributed by atoms with van der Waals surface area (Å²) in [6.07, 6.45) is 1.88. The number of pyridine rings is 1. The maximum absolute atomic E-state index is 13.2. The zero-order valence-corrected chi connectivity index (χ0v) is 17.0. The van der Waals surface area contributed by atoms with E-state index >= 15 is 0 Å². The second kappa shape index (κ2) is 9.76. The first-order valence-electron chi connectivity index (χ1n) is 9.42. The fourth-order valence-corrected chi connectivity index (χ4v) is 4.29. The van der Waals surface area contributed by atoms with Gasteiger partial charge in [0.1, 0.15) is 18.1 Å². The van der Waals surface area contributed by atoms with Gasteiger partial charge < -0.3 is 19.8 Å². The molecule has 1 aromatic carbocycles. The Kier molecular flexibility index (Phi) is 7.11. The molecule has 3 rings (SSSR count). The van der Waals surface area contributed by atoms with Gasteiger partial charge in [-0.3, -0.25) is 14.6 Å². The summed E-state index contributed by atoms with van der Waals surface area (Å²) in [5.41, 5.74) is 1.15. The molecule has 29 heavy (non-hydrogen) atoms. The van der Waals surface area contributed by atoms with Gasteiger partial charge in [-0.1, -0.05) is 6.07 Å². The Morgan fingerprint density at radius 3 is 3.00 bits per heavy atom. The monoisotopic (exact) mass is 416 g/mol. The number of thioether (sulfide) groups is 1. The minimum Gasteiger partial charge on any atom is -0.507 e. The number of benzene rings is 1. The lowest BCUT2D eigenvalue weighted by Crippen LogP contribution is -2.49. The minimum absolute atomic E-state index is 0.0975. The third-order valence-corrected chi connectivity index (χ3v) is 5.78. The van der Waals surface area contributed by atoms with Gasteiger partial charge in [0.2, 0.25) is 0 Å². The number of carbonyl (C=O) groups is 2. The Morgan fingerprint density at radius 1 is 1.41 bits per heavy atom. The molecule has 2 atom stereocenters. The molecule has 8 heteroatoms. The van der Waals surface area contributed by atoms with Crippen molar-refractivity contribution in [2.24, 2.45) is 0 Å². The number of ether oxygens (including phenoxy) is 1. The highest BCUT2D eigenvalue weighted by molar-refractivity contribution is 7.99. The van der Waals surface area contributed by atoms with Gasteiger partial charge in [-0.25, -0.2) is 0 Å². The Bertz CT molecular complexity index is 874. The van der Waals surface area contributed by atoms with Crippen LogP contribution in [0.15, 0.2) is 36.5 Å². The molecule has 1 fully saturated rings. The first-order valence-corrected chi connectivity index (χ1v) is 10.6. The largest absolute Gasteiger partial charge is 0.507 e. The van der Waals surface area contributed by atoms with Crippen LogP contribution in [0.1, 0.15) is 33.3 Å². The highest BCUT2D eigenvalue weighted by Gasteiger charge is 2.30. The maximum Gasteiger partial charge on any atom is 0.256 e. The number of phenolic OH excluding ortho intramolecular Hbond substituents is 1. The first kappa shape index (κ1) is 21.1. The van der Waals surface area contributed by atoms with Crippen molar-refractivity contribution in [3.05, 3.63) is 53.3 Å². The van der Waals surface area contributed by atoms with Crippen LogP contribution in [0.2, 0.25) is 0 Å². The molecule has 1 saturated heterocycles. The Morgan fingerprint density at radius 2 is 2.24 bits per heavy atom. The first-order chi connectivity index (χ1) is 14.0. The van der Waals surface area contributed by atoms with Gasteiger partial charge in [0.15, 0.2) is 6.29 Å². The topological polar surface area (TPSA) is 100.0 Å². The molecule has 7 nitrogen and oxygen atoms in total. The van der Waals surface area contributed by atoms with E-state index in [2.05, 4.69) is 4.98 Å². The fraction of sp³-hybridized carbons (Fsp3) is 0.381. The number of aromatic hydroxyl groups is 1. The summed E-state index contributed by atoms with van der Waals surface area (Å²) in [5, 5.41) is 19.5. The molecule has 0 saturated carbocycles. The van der Waals surface area contributed by atoms with Crippen molar-refractivity contribution >= 4 is 24.0 Å². The van der Waals surface area contributed by atoms with Crippen LogP contribution in [-0.2, 0) is 6.42 Å². The molecule has 0 spiro atoms. The highest BCUT2D eigenvalue weighted by Crippen LogP contribution is 2.27. The number of phenols is 1. The molecule has 0 unspecified atom stereocenters. The third-order valence-electron chi connectivity index (χ3n) is 4.69. The SMILES string of the molecule is C[C@H](O)Cc1ncccc1C(=O)N1CCSC[C@@H]1COc1cccc(O)c1C=O. The van der Waals surface area contributed by atoms with Crippen LogP contribution in [0, 0.1) is 0 Å². The molecular formula is C21H24N2O5S. The zero-order chi connectivity index (χ0) is 20.8. The second-order valence-corrected chi connectivity index (χ2v) is 8.05. The lowest BCUT2D eigenvalue weighted by Gasteiger charge is -2.35. The Hall–Kier alpha value is -2.58. The van der Waals surface area contributed by atoms with Crippen LogP contribution in [0.5, 0.6) is 11.5 Å². The average Bonchev–Trinajstić information content (AvgIpc) is 2.72. The number of hydrogen-bond donors (Lipinski definition) is 2. The maximum atomic E-state index is 13.2. The Labute approximate surface area is 173 Å². The van der Waals surface area contributed by atoms with E-state index in [-0.39, 0.29) is 29.9 Å². The van der Waals surface area contributed by atoms with Crippen LogP contribution >= 0.6 is 11.8 Å². The van der Waals surface area contributed by atoms with Crippen molar-refractivity contribution in [3.63, 3.8) is 0 Å². The van der Waals surface area contributed by atoms with Gasteiger partial charge in [0.05, 0.1) is 29.0 Å². The molecule has 0 radical (unpaired) electrons. The van der Waals surface area contributed by atoms with Gasteiger partial charge in [0, 0.05) is 30.7 Å². The van der Waals surface area contributed by atoms with Gasteiger partial charge in [-0.15, -0.1) is 0 Å². The number of rotatable bonds is 7. The van der Waals surface area contributed by atoms with Crippen molar-refractivity contribution in [1.82, 2.24) is 9.88 Å². The van der Waals surface area contributed by atoms with Crippen molar-refractivity contribution in [3.8, 4) is 11.5 Å². The van der Waals surface area contributed by atoms with E-state index in [1.807, 2.05) is 0 Å². The molecule has 2 N–H and O–H groups in total. The number of amides is 1. The van der Waals surface area contributed by atoms with E-state index in [1.165, 1.54) is 6.07 Å². The Balaban J connectivity index is 1.78. The van der Waals surface area contributed by atoms with Crippen LogP contribution in [-0.4, -0.2) is 69.1 Å². The molecule has 1 aromatic heterocycles. The summed E-state index contributed by atoms with van der Waals surface area (Å²) < 4.78 is 5.81. The minimum atomic E-state index is -0.597. The predicted octanol–water partition coefficient (Wildman–Crippen LogP) is 2.16. The molecular weight excluding hydrogens is 392 g/mol. The van der Waals surface area contributed by atoms with E-state index in [0.29, 0.717) is 42.0 Å². The highest BCUT2D eigenvalue weighted by atomic mass is 32.2. The van der Waals surface area contributed by atoms with Crippen LogP contribution in [0.4, 0.5) is 0 Å². The normalized spacial score (nSPS) is 17.6. The predicted molar refractivity (Wildman–Crippen MR) is 111 cm³/mol. The summed E-state index contributed by atoms with van der Waals surface area (Å²) >= 11 is 1.73. The quantitative estimate of drug-likeness (QED) is 0.667. The van der Waals surface area contributed by atoms with Gasteiger partial charge in [-0.05, 0) is 31.2 Å². The molecule has 1 aliphatic heterocycles. The smallest absolute Gasteiger partial charge is 0.256 e. The number of nitrogens with zero attached hydrogens (tertiary/aromatic N) is 2. The van der Waals surface area contributed by atoms with Gasteiger partial charge in [0.25, 0.3) is 5.91 Å². The lowest BCUT2D eigenvalue weighted by atomic mass is 10.1. The summed E-state index contributed by atoms with van der Waals surface area (Å²) in [7, 11) is 0. The molecule has 2 heterocycles. The number of aliphatic hydroxyl groups excluding tert-OH is 1. The summed E-state index contributed by atoms with van der Waals surface area (Å²) in [6, 6.07) is 7.90. The van der Waals surface area contributed by atoms with Crippen molar-refractivity contribution in [1.29, 1.82) is 0 Å². The fourth-order valence-electron chi connectivity index (χ4n) is 3.25. The van der Waals surface area contributed by atoms with Crippen molar-refractivity contribution in [2.75, 3.05) is 24.7 Å². The molecule has 2 aromatic rings. The van der Waals surface area contributed by atoms with Gasteiger partial charge in [-0.2, -0.15) is 11.8 Å². The zero-order valence-electron chi connectivity index (χ0n) is 16.2. The number of aromatic nitrogens is 1. The van der Waals surface area contributed by atoms with Crippen LogP contribution in [0.25, 0.3) is 0 Å². The molecule has 1 aliphatic rings. The number of aliphatic hydroxyl groups is 1. The van der Waals surface area contributed by atoms with Crippen molar-refractivity contribution < 1.29 is 24.5 Å². The molecule has 0 bridgehead atoms. The molecule has 0 aliphatic carbocycles. The number of carbonyl (C=O) groups excluding carboxylic acids is 2. The van der Waals surface area contributed by atoms with E-state index < -0.39 is 6.10 Å².